The molecule has 0 saturated carbocycles. The highest BCUT2D eigenvalue weighted by Gasteiger charge is 2.32. The molecule has 0 aliphatic heterocycles. The predicted octanol–water partition coefficient (Wildman–Crippen LogP) is 2.54. The number of hydrogen-bond acceptors (Lipinski definition) is 3. The largest absolute Gasteiger partial charge is 0.456 e. The summed E-state index contributed by atoms with van der Waals surface area (Å²) in [7, 11) is 0. The Morgan fingerprint density at radius 1 is 1.43 bits per heavy atom. The van der Waals surface area contributed by atoms with Crippen LogP contribution in [0.25, 0.3) is 0 Å². The maximum absolute atomic E-state index is 12.3. The van der Waals surface area contributed by atoms with Crippen molar-refractivity contribution in [3.8, 4) is 0 Å². The summed E-state index contributed by atoms with van der Waals surface area (Å²) in [6, 6.07) is 9.17. The van der Waals surface area contributed by atoms with Crippen molar-refractivity contribution in [1.29, 1.82) is 0 Å². The maximum Gasteiger partial charge on any atom is 0.287 e. The van der Waals surface area contributed by atoms with Crippen LogP contribution in [0.1, 0.15) is 46.0 Å². The normalized spacial score (nSPS) is 20.3. The van der Waals surface area contributed by atoms with Gasteiger partial charge in [-0.25, -0.2) is 0 Å². The Bertz CT molecular complexity index is 674. The van der Waals surface area contributed by atoms with E-state index in [1.54, 1.807) is 6.07 Å². The molecule has 2 N–H and O–H groups in total. The lowest BCUT2D eigenvalue weighted by atomic mass is 10.1. The van der Waals surface area contributed by atoms with Gasteiger partial charge in [-0.05, 0) is 29.7 Å². The van der Waals surface area contributed by atoms with E-state index < -0.39 is 6.10 Å². The molecule has 1 amide bonds. The van der Waals surface area contributed by atoms with E-state index in [9.17, 15) is 9.90 Å². The number of amides is 1. The Morgan fingerprint density at radius 2 is 2.19 bits per heavy atom. The van der Waals surface area contributed by atoms with E-state index in [1.807, 2.05) is 38.1 Å². The molecule has 1 aliphatic carbocycles. The summed E-state index contributed by atoms with van der Waals surface area (Å²) >= 11 is 0. The molecule has 0 spiro atoms. The highest BCUT2D eigenvalue weighted by atomic mass is 16.4. The van der Waals surface area contributed by atoms with Crippen LogP contribution in [0, 0.1) is 6.92 Å². The quantitative estimate of drug-likeness (QED) is 0.911. The average Bonchev–Trinajstić information content (AvgIpc) is 3.00. The van der Waals surface area contributed by atoms with Crippen molar-refractivity contribution >= 4 is 5.91 Å². The van der Waals surface area contributed by atoms with Gasteiger partial charge in [-0.2, -0.15) is 0 Å². The number of furan rings is 1. The van der Waals surface area contributed by atoms with Gasteiger partial charge in [0.15, 0.2) is 5.76 Å². The van der Waals surface area contributed by atoms with Gasteiger partial charge >= 0.3 is 0 Å². The first kappa shape index (κ1) is 13.9. The van der Waals surface area contributed by atoms with Gasteiger partial charge < -0.3 is 14.8 Å². The lowest BCUT2D eigenvalue weighted by Gasteiger charge is -2.17. The Hall–Kier alpha value is -2.07. The van der Waals surface area contributed by atoms with Crippen LogP contribution in [0.5, 0.6) is 0 Å². The molecule has 1 heterocycles. The lowest BCUT2D eigenvalue weighted by molar-refractivity contribution is 0.0830. The Labute approximate surface area is 123 Å². The van der Waals surface area contributed by atoms with Crippen LogP contribution in [-0.4, -0.2) is 17.1 Å². The highest BCUT2D eigenvalue weighted by Crippen LogP contribution is 2.31. The topological polar surface area (TPSA) is 62.5 Å². The molecule has 1 aliphatic rings. The van der Waals surface area contributed by atoms with Crippen LogP contribution in [-0.2, 0) is 12.8 Å². The van der Waals surface area contributed by atoms with Crippen LogP contribution in [0.4, 0.5) is 0 Å². The second-order valence-corrected chi connectivity index (χ2v) is 5.49. The number of aryl methyl sites for hydroxylation is 2. The summed E-state index contributed by atoms with van der Waals surface area (Å²) in [5.41, 5.74) is 3.05. The molecule has 21 heavy (non-hydrogen) atoms. The third-order valence-electron chi connectivity index (χ3n) is 4.06. The van der Waals surface area contributed by atoms with E-state index in [0.717, 1.165) is 28.9 Å². The van der Waals surface area contributed by atoms with Crippen molar-refractivity contribution in [3.05, 3.63) is 58.5 Å². The number of carbonyl (C=O) groups is 1. The van der Waals surface area contributed by atoms with Gasteiger partial charge in [0.2, 0.25) is 0 Å². The number of carbonyl (C=O) groups excluding carboxylic acids is 1. The van der Waals surface area contributed by atoms with Crippen molar-refractivity contribution in [2.45, 2.75) is 38.8 Å². The summed E-state index contributed by atoms with van der Waals surface area (Å²) < 4.78 is 5.57. The number of aliphatic hydroxyl groups is 1. The lowest BCUT2D eigenvalue weighted by Crippen LogP contribution is -2.33. The molecule has 3 rings (SSSR count). The van der Waals surface area contributed by atoms with Gasteiger partial charge in [-0.1, -0.05) is 31.2 Å². The minimum absolute atomic E-state index is 0.279. The second kappa shape index (κ2) is 5.37. The maximum atomic E-state index is 12.3. The zero-order chi connectivity index (χ0) is 15.0. The third kappa shape index (κ3) is 2.47. The van der Waals surface area contributed by atoms with Gasteiger partial charge in [-0.15, -0.1) is 0 Å². The van der Waals surface area contributed by atoms with Crippen molar-refractivity contribution in [2.24, 2.45) is 0 Å². The number of rotatable bonds is 3. The Balaban J connectivity index is 1.81. The summed E-state index contributed by atoms with van der Waals surface area (Å²) in [4.78, 5) is 12.3. The van der Waals surface area contributed by atoms with Crippen LogP contribution in [0.3, 0.4) is 0 Å². The summed E-state index contributed by atoms with van der Waals surface area (Å²) in [6.45, 7) is 3.92. The second-order valence-electron chi connectivity index (χ2n) is 5.49. The third-order valence-corrected chi connectivity index (χ3v) is 4.06. The molecular formula is C17H19NO3. The first-order valence-electron chi connectivity index (χ1n) is 7.26. The fourth-order valence-electron chi connectivity index (χ4n) is 2.94. The predicted molar refractivity (Wildman–Crippen MR) is 79.2 cm³/mol. The molecule has 110 valence electrons. The molecule has 0 fully saturated rings. The minimum Gasteiger partial charge on any atom is -0.456 e. The molecule has 0 radical (unpaired) electrons. The SMILES string of the molecule is CCc1oc(C(=O)N[C@@H]2c3ccccc3C[C@@H]2O)cc1C. The van der Waals surface area contributed by atoms with Crippen LogP contribution in [0.2, 0.25) is 0 Å². The smallest absolute Gasteiger partial charge is 0.287 e. The molecule has 4 heteroatoms. The number of benzene rings is 1. The van der Waals surface area contributed by atoms with E-state index in [-0.39, 0.29) is 11.9 Å². The van der Waals surface area contributed by atoms with E-state index in [1.165, 1.54) is 0 Å². The van der Waals surface area contributed by atoms with Gasteiger partial charge in [-0.3, -0.25) is 4.79 Å². The van der Waals surface area contributed by atoms with E-state index >= 15 is 0 Å². The zero-order valence-electron chi connectivity index (χ0n) is 12.2. The van der Waals surface area contributed by atoms with Gasteiger partial charge in [0, 0.05) is 12.8 Å². The van der Waals surface area contributed by atoms with E-state index in [0.29, 0.717) is 12.2 Å². The van der Waals surface area contributed by atoms with Crippen molar-refractivity contribution in [2.75, 3.05) is 0 Å². The summed E-state index contributed by atoms with van der Waals surface area (Å²) in [6.07, 6.45) is 0.736. The molecule has 2 atom stereocenters. The average molecular weight is 285 g/mol. The van der Waals surface area contributed by atoms with E-state index in [2.05, 4.69) is 5.32 Å². The van der Waals surface area contributed by atoms with Gasteiger partial charge in [0.25, 0.3) is 5.91 Å². The molecule has 1 aromatic carbocycles. The Kier molecular flexibility index (Phi) is 3.55. The molecule has 0 bridgehead atoms. The van der Waals surface area contributed by atoms with E-state index in [4.69, 9.17) is 4.42 Å². The molecule has 4 nitrogen and oxygen atoms in total. The van der Waals surface area contributed by atoms with Crippen molar-refractivity contribution < 1.29 is 14.3 Å². The summed E-state index contributed by atoms with van der Waals surface area (Å²) in [5.74, 6) is 0.854. The van der Waals surface area contributed by atoms with Crippen molar-refractivity contribution in [1.82, 2.24) is 5.32 Å². The Morgan fingerprint density at radius 3 is 2.90 bits per heavy atom. The van der Waals surface area contributed by atoms with Crippen LogP contribution < -0.4 is 5.32 Å². The highest BCUT2D eigenvalue weighted by molar-refractivity contribution is 5.92. The minimum atomic E-state index is -0.590. The standard InChI is InChI=1S/C17H19NO3/c1-3-14-10(2)8-15(21-14)17(20)18-16-12-7-5-4-6-11(12)9-13(16)19/h4-8,13,16,19H,3,9H2,1-2H3,(H,18,20)/t13-,16+/m0/s1. The monoisotopic (exact) mass is 285 g/mol. The summed E-state index contributed by atoms with van der Waals surface area (Å²) in [5, 5.41) is 13.0. The molecule has 0 unspecified atom stereocenters. The number of nitrogens with one attached hydrogen (secondary N) is 1. The van der Waals surface area contributed by atoms with Crippen LogP contribution >= 0.6 is 0 Å². The molecule has 2 aromatic rings. The van der Waals surface area contributed by atoms with Crippen molar-refractivity contribution in [3.63, 3.8) is 0 Å². The first-order valence-corrected chi connectivity index (χ1v) is 7.26. The fraction of sp³-hybridized carbons (Fsp3) is 0.353. The zero-order valence-corrected chi connectivity index (χ0v) is 12.2. The van der Waals surface area contributed by atoms with Gasteiger partial charge in [0.05, 0.1) is 12.1 Å². The molecule has 1 aromatic heterocycles. The molecular weight excluding hydrogens is 266 g/mol. The van der Waals surface area contributed by atoms with Gasteiger partial charge in [0.1, 0.15) is 5.76 Å². The number of hydrogen-bond donors (Lipinski definition) is 2. The molecule has 0 saturated heterocycles. The number of aliphatic hydroxyl groups excluding tert-OH is 1. The fourth-order valence-corrected chi connectivity index (χ4v) is 2.94. The first-order chi connectivity index (χ1) is 10.1. The van der Waals surface area contributed by atoms with Crippen LogP contribution in [0.15, 0.2) is 34.7 Å². The number of fused-ring (bicyclic) bond motifs is 1.